The van der Waals surface area contributed by atoms with E-state index in [-0.39, 0.29) is 23.9 Å². The zero-order valence-corrected chi connectivity index (χ0v) is 15.8. The van der Waals surface area contributed by atoms with Crippen LogP contribution in [0.5, 0.6) is 11.5 Å². The molecule has 7 heteroatoms. The lowest BCUT2D eigenvalue weighted by Gasteiger charge is -2.23. The number of benzene rings is 2. The molecule has 2 aliphatic heterocycles. The summed E-state index contributed by atoms with van der Waals surface area (Å²) in [5.74, 6) is 1.25. The molecule has 3 atom stereocenters. The first-order valence-corrected chi connectivity index (χ1v) is 9.43. The number of amides is 1. The van der Waals surface area contributed by atoms with Gasteiger partial charge in [0.05, 0.1) is 18.0 Å². The number of fused-ring (bicyclic) bond motifs is 1. The molecule has 2 aliphatic rings. The fraction of sp³-hybridized carbons (Fsp3) is 0.350. The van der Waals surface area contributed by atoms with Gasteiger partial charge < -0.3 is 14.8 Å². The SMILES string of the molecule is CC(NC(=O)C1CNNC1c1ccc(Cl)cc1)c1ccc2c(c1)OCCO2. The zero-order chi connectivity index (χ0) is 18.8. The van der Waals surface area contributed by atoms with Gasteiger partial charge in [0.1, 0.15) is 13.2 Å². The molecule has 0 radical (unpaired) electrons. The molecule has 6 nitrogen and oxygen atoms in total. The predicted molar refractivity (Wildman–Crippen MR) is 103 cm³/mol. The summed E-state index contributed by atoms with van der Waals surface area (Å²) < 4.78 is 11.2. The van der Waals surface area contributed by atoms with Crippen LogP contribution in [-0.4, -0.2) is 25.7 Å². The molecule has 142 valence electrons. The molecule has 0 aliphatic carbocycles. The Hall–Kier alpha value is -2.28. The van der Waals surface area contributed by atoms with Gasteiger partial charge in [-0.3, -0.25) is 10.2 Å². The van der Waals surface area contributed by atoms with Crippen LogP contribution < -0.4 is 25.6 Å². The average Bonchev–Trinajstić information content (AvgIpc) is 3.18. The van der Waals surface area contributed by atoms with Crippen LogP contribution in [0.25, 0.3) is 0 Å². The van der Waals surface area contributed by atoms with Crippen LogP contribution >= 0.6 is 11.6 Å². The zero-order valence-electron chi connectivity index (χ0n) is 15.0. The van der Waals surface area contributed by atoms with Gasteiger partial charge in [0.15, 0.2) is 11.5 Å². The molecule has 2 heterocycles. The maximum atomic E-state index is 12.9. The molecular formula is C20H22ClN3O3. The summed E-state index contributed by atoms with van der Waals surface area (Å²) in [5, 5.41) is 3.79. The summed E-state index contributed by atoms with van der Waals surface area (Å²) in [5.41, 5.74) is 8.28. The number of nitrogens with one attached hydrogen (secondary N) is 3. The molecular weight excluding hydrogens is 366 g/mol. The molecule has 3 N–H and O–H groups in total. The summed E-state index contributed by atoms with van der Waals surface area (Å²) in [6, 6.07) is 13.1. The van der Waals surface area contributed by atoms with E-state index in [1.54, 1.807) is 0 Å². The van der Waals surface area contributed by atoms with Crippen molar-refractivity contribution in [3.8, 4) is 11.5 Å². The van der Waals surface area contributed by atoms with Crippen molar-refractivity contribution in [2.75, 3.05) is 19.8 Å². The van der Waals surface area contributed by atoms with E-state index in [1.165, 1.54) is 0 Å². The van der Waals surface area contributed by atoms with Crippen LogP contribution in [0.3, 0.4) is 0 Å². The number of carbonyl (C=O) groups is 1. The van der Waals surface area contributed by atoms with Gasteiger partial charge in [0, 0.05) is 11.6 Å². The number of hydrogen-bond donors (Lipinski definition) is 3. The molecule has 2 aromatic carbocycles. The number of halogens is 1. The van der Waals surface area contributed by atoms with Crippen molar-refractivity contribution in [3.63, 3.8) is 0 Å². The maximum absolute atomic E-state index is 12.9. The summed E-state index contributed by atoms with van der Waals surface area (Å²) in [6.45, 7) is 3.63. The Balaban J connectivity index is 1.45. The van der Waals surface area contributed by atoms with Gasteiger partial charge in [0.2, 0.25) is 5.91 Å². The third-order valence-corrected chi connectivity index (χ3v) is 5.22. The molecule has 0 saturated carbocycles. The van der Waals surface area contributed by atoms with Crippen LogP contribution in [0.15, 0.2) is 42.5 Å². The molecule has 0 bridgehead atoms. The van der Waals surface area contributed by atoms with E-state index in [0.29, 0.717) is 24.8 Å². The monoisotopic (exact) mass is 387 g/mol. The minimum atomic E-state index is -0.217. The van der Waals surface area contributed by atoms with Crippen LogP contribution in [0.2, 0.25) is 5.02 Å². The van der Waals surface area contributed by atoms with Crippen LogP contribution in [-0.2, 0) is 4.79 Å². The highest BCUT2D eigenvalue weighted by Crippen LogP contribution is 2.33. The first-order chi connectivity index (χ1) is 13.1. The molecule has 27 heavy (non-hydrogen) atoms. The van der Waals surface area contributed by atoms with E-state index in [4.69, 9.17) is 21.1 Å². The maximum Gasteiger partial charge on any atom is 0.226 e. The fourth-order valence-electron chi connectivity index (χ4n) is 3.46. The van der Waals surface area contributed by atoms with Gasteiger partial charge >= 0.3 is 0 Å². The minimum absolute atomic E-state index is 0.00478. The molecule has 1 amide bonds. The fourth-order valence-corrected chi connectivity index (χ4v) is 3.59. The van der Waals surface area contributed by atoms with E-state index >= 15 is 0 Å². The molecule has 0 spiro atoms. The average molecular weight is 388 g/mol. The molecule has 4 rings (SSSR count). The number of hydrazine groups is 1. The van der Waals surface area contributed by atoms with Crippen LogP contribution in [0, 0.1) is 5.92 Å². The third kappa shape index (κ3) is 3.88. The molecule has 0 aromatic heterocycles. The highest BCUT2D eigenvalue weighted by molar-refractivity contribution is 6.30. The Morgan fingerprint density at radius 3 is 2.67 bits per heavy atom. The van der Waals surface area contributed by atoms with Crippen molar-refractivity contribution in [1.82, 2.24) is 16.2 Å². The first-order valence-electron chi connectivity index (χ1n) is 9.05. The van der Waals surface area contributed by atoms with Gasteiger partial charge in [0.25, 0.3) is 0 Å². The first kappa shape index (κ1) is 18.1. The normalized spacial score (nSPS) is 22.3. The predicted octanol–water partition coefficient (Wildman–Crippen LogP) is 2.75. The second-order valence-electron chi connectivity index (χ2n) is 6.79. The quantitative estimate of drug-likeness (QED) is 0.752. The highest BCUT2D eigenvalue weighted by Gasteiger charge is 2.34. The molecule has 3 unspecified atom stereocenters. The number of carbonyl (C=O) groups excluding carboxylic acids is 1. The molecule has 1 saturated heterocycles. The van der Waals surface area contributed by atoms with Crippen molar-refractivity contribution in [2.45, 2.75) is 19.0 Å². The van der Waals surface area contributed by atoms with Crippen molar-refractivity contribution in [1.29, 1.82) is 0 Å². The number of ether oxygens (including phenoxy) is 2. The lowest BCUT2D eigenvalue weighted by molar-refractivity contribution is -0.125. The van der Waals surface area contributed by atoms with Gasteiger partial charge in [-0.15, -0.1) is 0 Å². The largest absolute Gasteiger partial charge is 0.486 e. The van der Waals surface area contributed by atoms with Gasteiger partial charge in [-0.25, -0.2) is 5.43 Å². The van der Waals surface area contributed by atoms with E-state index < -0.39 is 0 Å². The number of hydrogen-bond acceptors (Lipinski definition) is 5. The van der Waals surface area contributed by atoms with Crippen molar-refractivity contribution in [3.05, 3.63) is 58.6 Å². The van der Waals surface area contributed by atoms with Crippen molar-refractivity contribution >= 4 is 17.5 Å². The Morgan fingerprint density at radius 1 is 1.15 bits per heavy atom. The number of rotatable bonds is 4. The van der Waals surface area contributed by atoms with Gasteiger partial charge in [-0.05, 0) is 42.3 Å². The van der Waals surface area contributed by atoms with Crippen molar-refractivity contribution in [2.24, 2.45) is 5.92 Å². The van der Waals surface area contributed by atoms with Crippen LogP contribution in [0.1, 0.15) is 30.1 Å². The third-order valence-electron chi connectivity index (χ3n) is 4.97. The standard InChI is InChI=1S/C20H22ClN3O3/c1-12(14-4-7-17-18(10-14)27-9-8-26-17)23-20(25)16-11-22-24-19(16)13-2-5-15(21)6-3-13/h2-7,10,12,16,19,22,24H,8-9,11H2,1H3,(H,23,25). The Bertz CT molecular complexity index is 828. The van der Waals surface area contributed by atoms with Crippen LogP contribution in [0.4, 0.5) is 0 Å². The van der Waals surface area contributed by atoms with Crippen molar-refractivity contribution < 1.29 is 14.3 Å². The summed E-state index contributed by atoms with van der Waals surface area (Å²) in [7, 11) is 0. The smallest absolute Gasteiger partial charge is 0.226 e. The highest BCUT2D eigenvalue weighted by atomic mass is 35.5. The summed E-state index contributed by atoms with van der Waals surface area (Å²) in [4.78, 5) is 12.9. The van der Waals surface area contributed by atoms with Gasteiger partial charge in [-0.1, -0.05) is 29.8 Å². The molecule has 2 aromatic rings. The topological polar surface area (TPSA) is 71.6 Å². The lowest BCUT2D eigenvalue weighted by atomic mass is 9.93. The Morgan fingerprint density at radius 2 is 1.89 bits per heavy atom. The lowest BCUT2D eigenvalue weighted by Crippen LogP contribution is -2.36. The summed E-state index contributed by atoms with van der Waals surface area (Å²) in [6.07, 6.45) is 0. The second kappa shape index (κ2) is 7.76. The Labute approximate surface area is 163 Å². The van der Waals surface area contributed by atoms with E-state index in [2.05, 4.69) is 16.2 Å². The molecule has 1 fully saturated rings. The van der Waals surface area contributed by atoms with Gasteiger partial charge in [-0.2, -0.15) is 0 Å². The minimum Gasteiger partial charge on any atom is -0.486 e. The van der Waals surface area contributed by atoms with E-state index in [9.17, 15) is 4.79 Å². The van der Waals surface area contributed by atoms with E-state index in [1.807, 2.05) is 49.4 Å². The Kier molecular flexibility index (Phi) is 5.20. The second-order valence-corrected chi connectivity index (χ2v) is 7.23. The summed E-state index contributed by atoms with van der Waals surface area (Å²) >= 11 is 5.97. The van der Waals surface area contributed by atoms with E-state index in [0.717, 1.165) is 22.6 Å².